The Balaban J connectivity index is 0.00000203. The summed E-state index contributed by atoms with van der Waals surface area (Å²) < 4.78 is 4.06. The molecule has 2 aliphatic rings. The first kappa shape index (κ1) is 35.8. The Morgan fingerprint density at radius 2 is 0.870 bits per heavy atom. The van der Waals surface area contributed by atoms with Crippen LogP contribution in [-0.2, 0) is 0 Å². The number of halogens is 4. The number of H-pyrrole nitrogens is 2. The molecular weight excluding hydrogens is 932 g/mol. The van der Waals surface area contributed by atoms with E-state index in [1.807, 2.05) is 0 Å². The van der Waals surface area contributed by atoms with E-state index in [1.165, 1.54) is 0 Å². The van der Waals surface area contributed by atoms with E-state index < -0.39 is 0 Å². The molecule has 4 aromatic carbocycles. The zero-order valence-corrected chi connectivity index (χ0v) is 34.5. The van der Waals surface area contributed by atoms with Crippen LogP contribution in [0.4, 0.5) is 0 Å². The quantitative estimate of drug-likeness (QED) is 0.171. The van der Waals surface area contributed by atoms with Crippen LogP contribution in [0.1, 0.15) is 28.3 Å². The minimum absolute atomic E-state index is 0.855. The predicted molar refractivity (Wildman–Crippen MR) is 234 cm³/mol. The monoisotopic (exact) mass is 954 g/mol. The van der Waals surface area contributed by atoms with Crippen molar-refractivity contribution in [3.63, 3.8) is 0 Å². The molecule has 8 bridgehead atoms. The molecule has 260 valence electrons. The van der Waals surface area contributed by atoms with Crippen molar-refractivity contribution >= 4 is 110 Å². The molecule has 5 heterocycles. The van der Waals surface area contributed by atoms with E-state index in [-0.39, 0.29) is 0 Å². The first-order valence-corrected chi connectivity index (χ1v) is 19.9. The lowest BCUT2D eigenvalue weighted by molar-refractivity contribution is 1.15. The minimum atomic E-state index is 0.855. The highest BCUT2D eigenvalue weighted by atomic mass is 79.9. The number of hydrogen-bond acceptors (Lipinski definition) is 4. The van der Waals surface area contributed by atoms with Gasteiger partial charge < -0.3 is 9.97 Å². The van der Waals surface area contributed by atoms with Gasteiger partial charge in [-0.1, -0.05) is 112 Å². The van der Waals surface area contributed by atoms with Crippen molar-refractivity contribution in [3.05, 3.63) is 174 Å². The van der Waals surface area contributed by atoms with Gasteiger partial charge in [0.15, 0.2) is 0 Å². The van der Waals surface area contributed by atoms with Crippen molar-refractivity contribution in [2.45, 2.75) is 0 Å². The molecule has 6 nitrogen and oxygen atoms in total. The highest BCUT2D eigenvalue weighted by Gasteiger charge is 2.24. The second-order valence-corrected chi connectivity index (χ2v) is 16.3. The predicted octanol–water partition coefficient (Wildman–Crippen LogP) is 14.2. The molecule has 0 radical (unpaired) electrons. The number of fused-ring (bicyclic) bond motifs is 8. The van der Waals surface area contributed by atoms with Crippen molar-refractivity contribution < 1.29 is 0 Å². The largest absolute Gasteiger partial charge is 0.355 e. The number of benzene rings is 4. The van der Waals surface area contributed by atoms with E-state index >= 15 is 0 Å². The fraction of sp³-hybridized carbons (Fsp3) is 0. The summed E-state index contributed by atoms with van der Waals surface area (Å²) >= 11 is 14.7. The average molecular weight is 958 g/mol. The Morgan fingerprint density at radius 1 is 0.426 bits per heavy atom. The minimum Gasteiger partial charge on any atom is -0.355 e. The van der Waals surface area contributed by atoms with Gasteiger partial charge in [0.1, 0.15) is 0 Å². The van der Waals surface area contributed by atoms with Gasteiger partial charge in [0.05, 0.1) is 28.3 Å². The summed E-state index contributed by atoms with van der Waals surface area (Å²) in [7, 11) is 0. The van der Waals surface area contributed by atoms with Gasteiger partial charge in [-0.25, -0.2) is 9.97 Å². The van der Waals surface area contributed by atoms with Crippen LogP contribution in [0.25, 0.3) is 79.2 Å². The third-order valence-corrected chi connectivity index (χ3v) is 11.3. The summed E-state index contributed by atoms with van der Waals surface area (Å²) in [4.78, 5) is 18.0. The summed E-state index contributed by atoms with van der Waals surface area (Å²) in [6.45, 7) is 0. The van der Waals surface area contributed by atoms with Crippen LogP contribution in [0.2, 0.25) is 0 Å². The average Bonchev–Trinajstić information content (AvgIpc) is 3.99. The maximum atomic E-state index is 6.00. The van der Waals surface area contributed by atoms with Crippen LogP contribution in [0.5, 0.6) is 0 Å². The van der Waals surface area contributed by atoms with Crippen LogP contribution < -0.4 is 0 Å². The van der Waals surface area contributed by atoms with E-state index in [2.05, 4.69) is 219 Å². The standard InChI is InChI=1S/C44H26Br4N4.N2/c45-29-9-1-25(2-10-29)38-23-37-22-35-18-17-33(49-35)21-34-19-20-36(50-34)24-39-40(26-3-11-30(46)12-4-26)41(27-5-13-31(47)14-6-27)44(52-39)42(43(38)51-37)28-7-15-32(48)16-8-28;1-2/h1-24,49,52H;. The number of nitrogens with one attached hydrogen (secondary N) is 2. The lowest BCUT2D eigenvalue weighted by Gasteiger charge is -2.13. The van der Waals surface area contributed by atoms with Crippen molar-refractivity contribution in [1.29, 1.82) is 10.8 Å². The smallest absolute Gasteiger partial charge is 0.0815 e. The zero-order valence-electron chi connectivity index (χ0n) is 28.2. The molecule has 0 saturated heterocycles. The second-order valence-electron chi connectivity index (χ2n) is 12.6. The third kappa shape index (κ3) is 7.20. The van der Waals surface area contributed by atoms with Crippen LogP contribution >= 0.6 is 63.7 Å². The van der Waals surface area contributed by atoms with Gasteiger partial charge >= 0.3 is 0 Å². The number of aromatic nitrogens is 4. The van der Waals surface area contributed by atoms with E-state index in [4.69, 9.17) is 20.8 Å². The molecule has 3 aromatic heterocycles. The Morgan fingerprint density at radius 3 is 1.41 bits per heavy atom. The summed E-state index contributed by atoms with van der Waals surface area (Å²) in [5.74, 6) is 0. The van der Waals surface area contributed by atoms with E-state index in [0.29, 0.717) is 0 Å². The van der Waals surface area contributed by atoms with Crippen molar-refractivity contribution in [3.8, 4) is 33.4 Å². The Labute approximate surface area is 344 Å². The maximum Gasteiger partial charge on any atom is 0.0815 e. The topological polar surface area (TPSA) is 105 Å². The van der Waals surface area contributed by atoms with Gasteiger partial charge in [-0.15, -0.1) is 0 Å². The Kier molecular flexibility index (Phi) is 10.1. The fourth-order valence-corrected chi connectivity index (χ4v) is 7.88. The number of aromatic amines is 2. The molecule has 54 heavy (non-hydrogen) atoms. The second kappa shape index (κ2) is 15.3. The van der Waals surface area contributed by atoms with Gasteiger partial charge in [0, 0.05) is 67.5 Å². The van der Waals surface area contributed by atoms with E-state index in [0.717, 1.165) is 107 Å². The third-order valence-electron chi connectivity index (χ3n) is 9.17. The highest BCUT2D eigenvalue weighted by Crippen LogP contribution is 2.46. The molecule has 0 amide bonds. The molecule has 7 aromatic rings. The summed E-state index contributed by atoms with van der Waals surface area (Å²) in [5, 5.41) is 12.0. The lowest BCUT2D eigenvalue weighted by Crippen LogP contribution is -1.93. The van der Waals surface area contributed by atoms with Crippen molar-refractivity contribution in [2.24, 2.45) is 0 Å². The van der Waals surface area contributed by atoms with Crippen molar-refractivity contribution in [2.75, 3.05) is 0 Å². The SMILES string of the molecule is Brc1ccc(C2=Cc3cc4ccc(cc5nc(cc6[nH]c(c(-c7ccc(Br)cc7)c2n3)c(-c2ccc(Br)cc2)c6-c2ccc(Br)cc2)C=C5)[nH]4)cc1.N#N. The highest BCUT2D eigenvalue weighted by molar-refractivity contribution is 9.11. The molecule has 2 aliphatic heterocycles. The van der Waals surface area contributed by atoms with Gasteiger partial charge in [0.25, 0.3) is 0 Å². The fourth-order valence-electron chi connectivity index (χ4n) is 6.82. The van der Waals surface area contributed by atoms with Gasteiger partial charge in [-0.2, -0.15) is 0 Å². The number of rotatable bonds is 4. The van der Waals surface area contributed by atoms with Gasteiger partial charge in [-0.3, -0.25) is 0 Å². The van der Waals surface area contributed by atoms with Crippen LogP contribution in [0, 0.1) is 10.8 Å². The lowest BCUT2D eigenvalue weighted by atomic mass is 9.91. The van der Waals surface area contributed by atoms with E-state index in [9.17, 15) is 0 Å². The molecule has 0 aliphatic carbocycles. The molecule has 10 heteroatoms. The number of nitrogens with zero attached hydrogens (tertiary/aromatic N) is 4. The molecule has 9 rings (SSSR count). The Hall–Kier alpha value is -5.18. The number of hydrogen-bond donors (Lipinski definition) is 2. The van der Waals surface area contributed by atoms with Crippen LogP contribution in [0.3, 0.4) is 0 Å². The van der Waals surface area contributed by atoms with Gasteiger partial charge in [0.2, 0.25) is 0 Å². The Bertz CT molecular complexity index is 2800. The van der Waals surface area contributed by atoms with Gasteiger partial charge in [-0.05, 0) is 119 Å². The zero-order chi connectivity index (χ0) is 37.3. The first-order valence-electron chi connectivity index (χ1n) is 16.8. The van der Waals surface area contributed by atoms with Crippen molar-refractivity contribution in [1.82, 2.24) is 19.9 Å². The maximum absolute atomic E-state index is 6.00. The van der Waals surface area contributed by atoms with Crippen LogP contribution in [0.15, 0.2) is 145 Å². The molecular formula is C44H26Br4N6. The molecule has 0 atom stereocenters. The van der Waals surface area contributed by atoms with E-state index in [1.54, 1.807) is 0 Å². The molecule has 0 unspecified atom stereocenters. The molecule has 2 N–H and O–H groups in total. The first-order chi connectivity index (χ1) is 26.3. The molecule has 0 spiro atoms. The van der Waals surface area contributed by atoms with Crippen LogP contribution in [-0.4, -0.2) is 19.9 Å². The molecule has 0 fully saturated rings. The normalized spacial score (nSPS) is 11.9. The summed E-state index contributed by atoms with van der Waals surface area (Å²) in [5.41, 5.74) is 15.8. The summed E-state index contributed by atoms with van der Waals surface area (Å²) in [6.07, 6.45) is 6.32. The molecule has 0 saturated carbocycles. The summed E-state index contributed by atoms with van der Waals surface area (Å²) in [6, 6.07) is 44.5.